The van der Waals surface area contributed by atoms with E-state index in [1.54, 1.807) is 19.9 Å². The van der Waals surface area contributed by atoms with Gasteiger partial charge in [0.15, 0.2) is 0 Å². The van der Waals surface area contributed by atoms with Crippen LogP contribution in [0.25, 0.3) is 0 Å². The Morgan fingerprint density at radius 3 is 2.90 bits per heavy atom. The minimum Gasteiger partial charge on any atom is -0.487 e. The van der Waals surface area contributed by atoms with Gasteiger partial charge in [0.05, 0.1) is 11.5 Å². The van der Waals surface area contributed by atoms with Crippen molar-refractivity contribution in [2.75, 3.05) is 0 Å². The van der Waals surface area contributed by atoms with E-state index in [1.165, 1.54) is 12.1 Å². The van der Waals surface area contributed by atoms with Gasteiger partial charge in [-0.15, -0.1) is 0 Å². The molecule has 2 N–H and O–H groups in total. The number of halogens is 1. The zero-order valence-electron chi connectivity index (χ0n) is 12.3. The molecule has 1 aliphatic rings. The van der Waals surface area contributed by atoms with Crippen molar-refractivity contribution in [3.63, 3.8) is 0 Å². The van der Waals surface area contributed by atoms with Gasteiger partial charge in [0, 0.05) is 0 Å². The van der Waals surface area contributed by atoms with E-state index in [0.29, 0.717) is 31.4 Å². The molecule has 0 saturated carbocycles. The summed E-state index contributed by atoms with van der Waals surface area (Å²) in [6.07, 6.45) is 0.900. The molecule has 0 radical (unpaired) electrons. The summed E-state index contributed by atoms with van der Waals surface area (Å²) in [6.45, 7) is 3.28. The number of rotatable bonds is 5. The van der Waals surface area contributed by atoms with Crippen LogP contribution in [0.15, 0.2) is 18.2 Å². The van der Waals surface area contributed by atoms with Crippen LogP contribution in [0.3, 0.4) is 0 Å². The first kappa shape index (κ1) is 15.8. The highest BCUT2D eigenvalue weighted by Crippen LogP contribution is 2.31. The van der Waals surface area contributed by atoms with Crippen molar-refractivity contribution >= 4 is 5.97 Å². The van der Waals surface area contributed by atoms with Gasteiger partial charge in [0.2, 0.25) is 0 Å². The van der Waals surface area contributed by atoms with Gasteiger partial charge in [-0.3, -0.25) is 4.79 Å². The molecular weight excluding hydrogens is 275 g/mol. The second kappa shape index (κ2) is 6.02. The molecule has 1 aromatic carbocycles. The lowest BCUT2D eigenvalue weighted by molar-refractivity contribution is -0.147. The van der Waals surface area contributed by atoms with Crippen LogP contribution >= 0.6 is 0 Å². The fourth-order valence-corrected chi connectivity index (χ4v) is 2.45. The van der Waals surface area contributed by atoms with Gasteiger partial charge in [-0.25, -0.2) is 4.39 Å². The molecule has 2 rings (SSSR count). The van der Waals surface area contributed by atoms with E-state index in [0.717, 1.165) is 5.56 Å². The highest BCUT2D eigenvalue weighted by atomic mass is 19.1. The van der Waals surface area contributed by atoms with Crippen molar-refractivity contribution in [3.8, 4) is 5.75 Å². The number of ether oxygens (including phenoxy) is 1. The molecule has 1 aliphatic heterocycles. The van der Waals surface area contributed by atoms with E-state index >= 15 is 0 Å². The number of carboxylic acids is 1. The molecule has 0 aromatic heterocycles. The minimum absolute atomic E-state index is 0.292. The van der Waals surface area contributed by atoms with Gasteiger partial charge in [0.1, 0.15) is 17.7 Å². The lowest BCUT2D eigenvalue weighted by Gasteiger charge is -2.31. The number of fused-ring (bicyclic) bond motifs is 1. The number of aliphatic hydroxyl groups excluding tert-OH is 1. The summed E-state index contributed by atoms with van der Waals surface area (Å²) in [5.41, 5.74) is -0.0549. The van der Waals surface area contributed by atoms with Gasteiger partial charge >= 0.3 is 5.97 Å². The third-order valence-corrected chi connectivity index (χ3v) is 4.07. The van der Waals surface area contributed by atoms with Crippen molar-refractivity contribution < 1.29 is 24.1 Å². The standard InChI is InChI=1S/C16H21FO4/c1-16(2,15(19)20)8-7-12(18)14-5-3-10-9-11(17)4-6-13(10)21-14/h4,6,9,12,14,18H,3,5,7-8H2,1-2H3,(H,19,20)/t12-,14?/m0/s1. The van der Waals surface area contributed by atoms with Crippen molar-refractivity contribution in [2.24, 2.45) is 5.41 Å². The van der Waals surface area contributed by atoms with Crippen LogP contribution in [0.4, 0.5) is 4.39 Å². The Labute approximate surface area is 123 Å². The molecule has 21 heavy (non-hydrogen) atoms. The maximum Gasteiger partial charge on any atom is 0.309 e. The maximum atomic E-state index is 13.1. The molecule has 5 heteroatoms. The van der Waals surface area contributed by atoms with Crippen LogP contribution in [-0.2, 0) is 11.2 Å². The lowest BCUT2D eigenvalue weighted by Crippen LogP contribution is -2.36. The van der Waals surface area contributed by atoms with Gasteiger partial charge in [0.25, 0.3) is 0 Å². The van der Waals surface area contributed by atoms with Crippen LogP contribution in [0.5, 0.6) is 5.75 Å². The summed E-state index contributed by atoms with van der Waals surface area (Å²) >= 11 is 0. The number of aliphatic hydroxyl groups is 1. The highest BCUT2D eigenvalue weighted by molar-refractivity contribution is 5.73. The molecule has 0 bridgehead atoms. The second-order valence-electron chi connectivity index (χ2n) is 6.24. The van der Waals surface area contributed by atoms with E-state index < -0.39 is 17.5 Å². The van der Waals surface area contributed by atoms with E-state index in [1.807, 2.05) is 0 Å². The zero-order valence-corrected chi connectivity index (χ0v) is 12.3. The molecule has 2 atom stereocenters. The van der Waals surface area contributed by atoms with E-state index in [-0.39, 0.29) is 11.9 Å². The maximum absolute atomic E-state index is 13.1. The molecule has 116 valence electrons. The average Bonchev–Trinajstić information content (AvgIpc) is 2.44. The summed E-state index contributed by atoms with van der Waals surface area (Å²) < 4.78 is 18.8. The number of hydrogen-bond acceptors (Lipinski definition) is 3. The molecule has 0 aliphatic carbocycles. The SMILES string of the molecule is CC(C)(CC[C@H](O)C1CCc2cc(F)ccc2O1)C(=O)O. The first-order valence-corrected chi connectivity index (χ1v) is 7.16. The van der Waals surface area contributed by atoms with Crippen LogP contribution in [0.2, 0.25) is 0 Å². The fraction of sp³-hybridized carbons (Fsp3) is 0.562. The van der Waals surface area contributed by atoms with E-state index in [9.17, 15) is 14.3 Å². The van der Waals surface area contributed by atoms with Gasteiger partial charge in [-0.1, -0.05) is 0 Å². The molecule has 1 unspecified atom stereocenters. The van der Waals surface area contributed by atoms with Crippen molar-refractivity contribution in [3.05, 3.63) is 29.6 Å². The Bertz CT molecular complexity index is 527. The number of carboxylic acid groups (broad SMARTS) is 1. The molecule has 0 amide bonds. The topological polar surface area (TPSA) is 66.8 Å². The Morgan fingerprint density at radius 2 is 2.24 bits per heavy atom. The number of aryl methyl sites for hydroxylation is 1. The summed E-state index contributed by atoms with van der Waals surface area (Å²) in [5.74, 6) is -0.566. The summed E-state index contributed by atoms with van der Waals surface area (Å²) in [6, 6.07) is 4.36. The average molecular weight is 296 g/mol. The third-order valence-electron chi connectivity index (χ3n) is 4.07. The third kappa shape index (κ3) is 3.73. The van der Waals surface area contributed by atoms with Crippen LogP contribution < -0.4 is 4.74 Å². The largest absolute Gasteiger partial charge is 0.487 e. The van der Waals surface area contributed by atoms with E-state index in [2.05, 4.69) is 0 Å². The van der Waals surface area contributed by atoms with Crippen molar-refractivity contribution in [1.82, 2.24) is 0 Å². The Balaban J connectivity index is 1.95. The Kier molecular flexibility index (Phi) is 4.52. The molecule has 1 heterocycles. The second-order valence-corrected chi connectivity index (χ2v) is 6.24. The molecule has 0 saturated heterocycles. The quantitative estimate of drug-likeness (QED) is 0.877. The highest BCUT2D eigenvalue weighted by Gasteiger charge is 2.31. The van der Waals surface area contributed by atoms with Gasteiger partial charge in [-0.2, -0.15) is 0 Å². The predicted octanol–water partition coefficient (Wildman–Crippen LogP) is 2.77. The van der Waals surface area contributed by atoms with Gasteiger partial charge in [-0.05, 0) is 63.3 Å². The number of carbonyl (C=O) groups is 1. The zero-order chi connectivity index (χ0) is 15.6. The van der Waals surface area contributed by atoms with Crippen LogP contribution in [-0.4, -0.2) is 28.4 Å². The molecule has 4 nitrogen and oxygen atoms in total. The lowest BCUT2D eigenvalue weighted by atomic mass is 9.85. The monoisotopic (exact) mass is 296 g/mol. The van der Waals surface area contributed by atoms with Crippen LogP contribution in [0, 0.1) is 11.2 Å². The predicted molar refractivity (Wildman–Crippen MR) is 75.8 cm³/mol. The number of aliphatic carboxylic acids is 1. The van der Waals surface area contributed by atoms with Crippen molar-refractivity contribution in [1.29, 1.82) is 0 Å². The normalized spacial score (nSPS) is 19.5. The van der Waals surface area contributed by atoms with Crippen LogP contribution in [0.1, 0.15) is 38.7 Å². The molecule has 0 fully saturated rings. The van der Waals surface area contributed by atoms with E-state index in [4.69, 9.17) is 9.84 Å². The summed E-state index contributed by atoms with van der Waals surface area (Å²) in [7, 11) is 0. The summed E-state index contributed by atoms with van der Waals surface area (Å²) in [5, 5.41) is 19.3. The van der Waals surface area contributed by atoms with Gasteiger partial charge < -0.3 is 14.9 Å². The summed E-state index contributed by atoms with van der Waals surface area (Å²) in [4.78, 5) is 11.1. The molecule has 1 aromatic rings. The Morgan fingerprint density at radius 1 is 1.52 bits per heavy atom. The first-order valence-electron chi connectivity index (χ1n) is 7.16. The smallest absolute Gasteiger partial charge is 0.309 e. The first-order chi connectivity index (χ1) is 9.79. The molecule has 0 spiro atoms. The number of benzene rings is 1. The fourth-order valence-electron chi connectivity index (χ4n) is 2.45. The molecular formula is C16H21FO4. The number of hydrogen-bond donors (Lipinski definition) is 2. The Hall–Kier alpha value is -1.62. The minimum atomic E-state index is -0.875. The van der Waals surface area contributed by atoms with Crippen molar-refractivity contribution in [2.45, 2.75) is 51.7 Å².